The van der Waals surface area contributed by atoms with Crippen LogP contribution >= 0.6 is 0 Å². The van der Waals surface area contributed by atoms with Gasteiger partial charge in [0.15, 0.2) is 0 Å². The molecule has 2 saturated heterocycles. The Morgan fingerprint density at radius 3 is 2.65 bits per heavy atom. The van der Waals surface area contributed by atoms with E-state index >= 15 is 0 Å². The van der Waals surface area contributed by atoms with Crippen LogP contribution in [0.2, 0.25) is 0 Å². The highest BCUT2D eigenvalue weighted by molar-refractivity contribution is 5.83. The van der Waals surface area contributed by atoms with E-state index in [1.807, 2.05) is 6.92 Å². The van der Waals surface area contributed by atoms with Gasteiger partial charge in [-0.15, -0.1) is 0 Å². The highest BCUT2D eigenvalue weighted by Gasteiger charge is 2.40. The Morgan fingerprint density at radius 2 is 2.12 bits per heavy atom. The van der Waals surface area contributed by atoms with Crippen LogP contribution in [0.15, 0.2) is 0 Å². The Balaban J connectivity index is 1.97. The molecular weight excluding hydrogens is 220 g/mol. The predicted molar refractivity (Wildman–Crippen MR) is 63.5 cm³/mol. The minimum atomic E-state index is -0.430. The van der Waals surface area contributed by atoms with Crippen molar-refractivity contribution in [3.63, 3.8) is 0 Å². The van der Waals surface area contributed by atoms with Crippen molar-refractivity contribution in [3.05, 3.63) is 0 Å². The number of carbonyl (C=O) groups excluding carboxylic acids is 1. The Bertz CT molecular complexity index is 277. The van der Waals surface area contributed by atoms with E-state index < -0.39 is 5.41 Å². The van der Waals surface area contributed by atoms with Gasteiger partial charge in [-0.05, 0) is 26.2 Å². The first-order valence-electron chi connectivity index (χ1n) is 6.38. The molecule has 5 heteroatoms. The molecule has 2 atom stereocenters. The lowest BCUT2D eigenvalue weighted by atomic mass is 9.79. The molecule has 2 aliphatic heterocycles. The third-order valence-electron chi connectivity index (χ3n) is 4.02. The summed E-state index contributed by atoms with van der Waals surface area (Å²) >= 11 is 0. The Kier molecular flexibility index (Phi) is 4.01. The molecule has 0 bridgehead atoms. The summed E-state index contributed by atoms with van der Waals surface area (Å²) in [4.78, 5) is 12.4. The van der Waals surface area contributed by atoms with Crippen molar-refractivity contribution in [2.75, 3.05) is 26.4 Å². The molecular formula is C12H22N2O3. The fourth-order valence-electron chi connectivity index (χ4n) is 2.53. The van der Waals surface area contributed by atoms with Crippen LogP contribution in [0.1, 0.15) is 26.2 Å². The predicted octanol–water partition coefficient (Wildman–Crippen LogP) is 0.0355. The van der Waals surface area contributed by atoms with Gasteiger partial charge in [0, 0.05) is 26.4 Å². The largest absolute Gasteiger partial charge is 0.381 e. The van der Waals surface area contributed by atoms with Crippen LogP contribution < -0.4 is 11.1 Å². The summed E-state index contributed by atoms with van der Waals surface area (Å²) in [6.07, 6.45) is 2.44. The van der Waals surface area contributed by atoms with Gasteiger partial charge in [-0.1, -0.05) is 0 Å². The van der Waals surface area contributed by atoms with Crippen molar-refractivity contribution in [1.82, 2.24) is 5.32 Å². The Labute approximate surface area is 102 Å². The molecule has 0 aromatic carbocycles. The molecule has 2 fully saturated rings. The maximum atomic E-state index is 12.4. The molecule has 0 saturated carbocycles. The number of hydrogen-bond donors (Lipinski definition) is 2. The maximum absolute atomic E-state index is 12.4. The molecule has 2 unspecified atom stereocenters. The zero-order valence-electron chi connectivity index (χ0n) is 10.4. The average Bonchev–Trinajstić information content (AvgIpc) is 2.76. The second-order valence-corrected chi connectivity index (χ2v) is 5.04. The van der Waals surface area contributed by atoms with Crippen molar-refractivity contribution in [1.29, 1.82) is 0 Å². The van der Waals surface area contributed by atoms with Crippen molar-refractivity contribution < 1.29 is 14.3 Å². The van der Waals surface area contributed by atoms with Crippen LogP contribution in [0.3, 0.4) is 0 Å². The van der Waals surface area contributed by atoms with Gasteiger partial charge in [0.1, 0.15) is 0 Å². The maximum Gasteiger partial charge on any atom is 0.227 e. The van der Waals surface area contributed by atoms with Crippen LogP contribution in [0.5, 0.6) is 0 Å². The molecule has 3 N–H and O–H groups in total. The quantitative estimate of drug-likeness (QED) is 0.732. The van der Waals surface area contributed by atoms with Crippen molar-refractivity contribution in [2.24, 2.45) is 11.1 Å². The minimum Gasteiger partial charge on any atom is -0.381 e. The molecule has 0 radical (unpaired) electrons. The molecule has 2 rings (SSSR count). The van der Waals surface area contributed by atoms with E-state index in [1.165, 1.54) is 0 Å². The highest BCUT2D eigenvalue weighted by atomic mass is 16.5. The zero-order chi connectivity index (χ0) is 12.3. The van der Waals surface area contributed by atoms with E-state index in [0.717, 1.165) is 25.9 Å². The number of nitrogens with one attached hydrogen (secondary N) is 1. The van der Waals surface area contributed by atoms with Crippen LogP contribution in [-0.4, -0.2) is 44.4 Å². The first-order chi connectivity index (χ1) is 8.18. The summed E-state index contributed by atoms with van der Waals surface area (Å²) in [7, 11) is 0. The summed E-state index contributed by atoms with van der Waals surface area (Å²) < 4.78 is 10.8. The molecule has 1 amide bonds. The van der Waals surface area contributed by atoms with Gasteiger partial charge in [0.25, 0.3) is 0 Å². The molecule has 2 heterocycles. The first kappa shape index (κ1) is 12.8. The fraction of sp³-hybridized carbons (Fsp3) is 0.917. The second kappa shape index (κ2) is 5.33. The van der Waals surface area contributed by atoms with E-state index in [9.17, 15) is 4.79 Å². The molecule has 0 spiro atoms. The summed E-state index contributed by atoms with van der Waals surface area (Å²) in [5, 5.41) is 3.09. The van der Waals surface area contributed by atoms with Gasteiger partial charge in [-0.25, -0.2) is 0 Å². The molecule has 0 aliphatic carbocycles. The van der Waals surface area contributed by atoms with Gasteiger partial charge < -0.3 is 20.5 Å². The van der Waals surface area contributed by atoms with Crippen LogP contribution in [0.4, 0.5) is 0 Å². The molecule has 0 aromatic rings. The smallest absolute Gasteiger partial charge is 0.227 e. The summed E-state index contributed by atoms with van der Waals surface area (Å²) in [5.41, 5.74) is 5.37. The van der Waals surface area contributed by atoms with Crippen molar-refractivity contribution in [2.45, 2.75) is 38.3 Å². The average molecular weight is 242 g/mol. The number of hydrogen-bond acceptors (Lipinski definition) is 4. The SMILES string of the molecule is CC1OCCC1NC(=O)C1(CN)CCOCC1. The third-order valence-corrected chi connectivity index (χ3v) is 4.02. The molecule has 0 aromatic heterocycles. The highest BCUT2D eigenvalue weighted by Crippen LogP contribution is 2.30. The normalized spacial score (nSPS) is 32.4. The first-order valence-corrected chi connectivity index (χ1v) is 6.38. The fourth-order valence-corrected chi connectivity index (χ4v) is 2.53. The number of rotatable bonds is 3. The van der Waals surface area contributed by atoms with Crippen LogP contribution in [0, 0.1) is 5.41 Å². The van der Waals surface area contributed by atoms with Gasteiger partial charge in [-0.2, -0.15) is 0 Å². The van der Waals surface area contributed by atoms with E-state index in [4.69, 9.17) is 15.2 Å². The second-order valence-electron chi connectivity index (χ2n) is 5.04. The lowest BCUT2D eigenvalue weighted by molar-refractivity contribution is -0.137. The third kappa shape index (κ3) is 2.61. The number of amides is 1. The molecule has 17 heavy (non-hydrogen) atoms. The van der Waals surface area contributed by atoms with Gasteiger partial charge in [0.05, 0.1) is 17.6 Å². The minimum absolute atomic E-state index is 0.0747. The lowest BCUT2D eigenvalue weighted by Crippen LogP contribution is -2.53. The Hall–Kier alpha value is -0.650. The van der Waals surface area contributed by atoms with E-state index in [0.29, 0.717) is 19.8 Å². The molecule has 98 valence electrons. The van der Waals surface area contributed by atoms with E-state index in [2.05, 4.69) is 5.32 Å². The monoisotopic (exact) mass is 242 g/mol. The number of carbonyl (C=O) groups is 1. The topological polar surface area (TPSA) is 73.6 Å². The molecule has 2 aliphatic rings. The van der Waals surface area contributed by atoms with Crippen LogP contribution in [-0.2, 0) is 14.3 Å². The van der Waals surface area contributed by atoms with E-state index in [1.54, 1.807) is 0 Å². The summed E-state index contributed by atoms with van der Waals surface area (Å²) in [5.74, 6) is 0.0747. The Morgan fingerprint density at radius 1 is 1.41 bits per heavy atom. The number of ether oxygens (including phenoxy) is 2. The van der Waals surface area contributed by atoms with Crippen molar-refractivity contribution >= 4 is 5.91 Å². The number of nitrogens with two attached hydrogens (primary N) is 1. The van der Waals surface area contributed by atoms with Gasteiger partial charge in [0.2, 0.25) is 5.91 Å². The zero-order valence-corrected chi connectivity index (χ0v) is 10.4. The van der Waals surface area contributed by atoms with Crippen molar-refractivity contribution in [3.8, 4) is 0 Å². The standard InChI is InChI=1S/C12H22N2O3/c1-9-10(2-5-17-9)14-11(15)12(8-13)3-6-16-7-4-12/h9-10H,2-8,13H2,1H3,(H,14,15). The van der Waals surface area contributed by atoms with E-state index in [-0.39, 0.29) is 18.1 Å². The van der Waals surface area contributed by atoms with Gasteiger partial charge in [-0.3, -0.25) is 4.79 Å². The summed E-state index contributed by atoms with van der Waals surface area (Å²) in [6.45, 7) is 4.37. The van der Waals surface area contributed by atoms with Gasteiger partial charge >= 0.3 is 0 Å². The summed E-state index contributed by atoms with van der Waals surface area (Å²) in [6, 6.07) is 0.133. The lowest BCUT2D eigenvalue weighted by Gasteiger charge is -2.35. The van der Waals surface area contributed by atoms with Crippen LogP contribution in [0.25, 0.3) is 0 Å². The molecule has 5 nitrogen and oxygen atoms in total.